The van der Waals surface area contributed by atoms with Crippen LogP contribution in [0.15, 0.2) is 46.3 Å². The number of hydrogen-bond acceptors (Lipinski definition) is 5. The molecule has 2 aromatic heterocycles. The molecule has 0 amide bonds. The van der Waals surface area contributed by atoms with E-state index in [2.05, 4.69) is 15.1 Å². The molecule has 5 nitrogen and oxygen atoms in total. The lowest BCUT2D eigenvalue weighted by Gasteiger charge is -2.10. The van der Waals surface area contributed by atoms with E-state index in [0.29, 0.717) is 17.5 Å². The fraction of sp³-hybridized carbons (Fsp3) is 0.312. The van der Waals surface area contributed by atoms with E-state index in [0.717, 1.165) is 10.8 Å². The van der Waals surface area contributed by atoms with Crippen LogP contribution in [0.4, 0.5) is 4.39 Å². The van der Waals surface area contributed by atoms with Crippen molar-refractivity contribution >= 4 is 11.8 Å². The Kier molecular flexibility index (Phi) is 4.21. The first-order valence-electron chi connectivity index (χ1n) is 7.18. The van der Waals surface area contributed by atoms with Crippen LogP contribution in [0.25, 0.3) is 5.69 Å². The number of rotatable bonds is 4. The zero-order chi connectivity index (χ0) is 16.4. The third-order valence-corrected chi connectivity index (χ3v) is 4.10. The minimum absolute atomic E-state index is 0.171. The lowest BCUT2D eigenvalue weighted by molar-refractivity contribution is 0.319. The molecule has 0 unspecified atom stereocenters. The van der Waals surface area contributed by atoms with Gasteiger partial charge >= 0.3 is 0 Å². The molecule has 0 saturated heterocycles. The summed E-state index contributed by atoms with van der Waals surface area (Å²) in [5.41, 5.74) is 0.559. The highest BCUT2D eigenvalue weighted by Crippen LogP contribution is 2.25. The van der Waals surface area contributed by atoms with Crippen molar-refractivity contribution in [2.75, 3.05) is 0 Å². The summed E-state index contributed by atoms with van der Waals surface area (Å²) in [5, 5.41) is 4.74. The number of benzene rings is 1. The molecule has 3 aromatic rings. The van der Waals surface area contributed by atoms with Crippen molar-refractivity contribution in [3.63, 3.8) is 0 Å². The van der Waals surface area contributed by atoms with Gasteiger partial charge in [0.15, 0.2) is 11.0 Å². The zero-order valence-corrected chi connectivity index (χ0v) is 14.0. The third-order valence-electron chi connectivity index (χ3n) is 3.13. The maximum absolute atomic E-state index is 13.4. The van der Waals surface area contributed by atoms with Gasteiger partial charge in [-0.15, -0.1) is 0 Å². The number of thioether (sulfide) groups is 1. The zero-order valence-electron chi connectivity index (χ0n) is 13.2. The summed E-state index contributed by atoms with van der Waals surface area (Å²) in [5.74, 6) is 1.49. The average molecular weight is 332 g/mol. The molecule has 0 aliphatic carbocycles. The van der Waals surface area contributed by atoms with Crippen molar-refractivity contribution in [2.45, 2.75) is 37.1 Å². The second-order valence-electron chi connectivity index (χ2n) is 6.11. The van der Waals surface area contributed by atoms with Crippen LogP contribution in [0.5, 0.6) is 0 Å². The van der Waals surface area contributed by atoms with Crippen LogP contribution < -0.4 is 0 Å². The van der Waals surface area contributed by atoms with Crippen LogP contribution in [0, 0.1) is 5.82 Å². The summed E-state index contributed by atoms with van der Waals surface area (Å²) in [7, 11) is 0. The van der Waals surface area contributed by atoms with Gasteiger partial charge in [0.2, 0.25) is 5.89 Å². The molecule has 23 heavy (non-hydrogen) atoms. The average Bonchev–Trinajstić information content (AvgIpc) is 3.14. The highest BCUT2D eigenvalue weighted by atomic mass is 32.2. The summed E-state index contributed by atoms with van der Waals surface area (Å²) in [6.07, 6.45) is 3.48. The standard InChI is InChI=1S/C16H17FN4OS/c1-16(2,3)14-19-13(20-22-14)10-23-15-18-7-8-21(15)12-6-4-5-11(17)9-12/h4-9H,10H2,1-3H3. The summed E-state index contributed by atoms with van der Waals surface area (Å²) in [6.45, 7) is 6.07. The van der Waals surface area contributed by atoms with Crippen molar-refractivity contribution in [3.05, 3.63) is 54.2 Å². The van der Waals surface area contributed by atoms with Gasteiger partial charge in [0.25, 0.3) is 0 Å². The van der Waals surface area contributed by atoms with Crippen molar-refractivity contribution in [1.29, 1.82) is 0 Å². The number of hydrogen-bond donors (Lipinski definition) is 0. The molecular weight excluding hydrogens is 315 g/mol. The van der Waals surface area contributed by atoms with E-state index in [1.165, 1.54) is 23.9 Å². The quantitative estimate of drug-likeness (QED) is 0.676. The molecule has 2 heterocycles. The molecule has 0 aliphatic heterocycles. The molecule has 0 fully saturated rings. The summed E-state index contributed by atoms with van der Waals surface area (Å²) in [6, 6.07) is 6.40. The molecule has 120 valence electrons. The van der Waals surface area contributed by atoms with E-state index < -0.39 is 0 Å². The van der Waals surface area contributed by atoms with Gasteiger partial charge in [-0.25, -0.2) is 9.37 Å². The van der Waals surface area contributed by atoms with Gasteiger partial charge in [-0.2, -0.15) is 4.98 Å². The van der Waals surface area contributed by atoms with Gasteiger partial charge in [-0.1, -0.05) is 43.8 Å². The van der Waals surface area contributed by atoms with E-state index in [-0.39, 0.29) is 11.2 Å². The predicted octanol–water partition coefficient (Wildman–Crippen LogP) is 3.98. The Balaban J connectivity index is 1.75. The van der Waals surface area contributed by atoms with Crippen LogP contribution in [-0.2, 0) is 11.2 Å². The van der Waals surface area contributed by atoms with Gasteiger partial charge in [0, 0.05) is 17.8 Å². The second-order valence-corrected chi connectivity index (χ2v) is 7.06. The molecular formula is C16H17FN4OS. The van der Waals surface area contributed by atoms with E-state index in [4.69, 9.17) is 4.52 Å². The third kappa shape index (κ3) is 3.61. The Morgan fingerprint density at radius 1 is 1.30 bits per heavy atom. The maximum Gasteiger partial charge on any atom is 0.232 e. The van der Waals surface area contributed by atoms with Crippen molar-refractivity contribution in [1.82, 2.24) is 19.7 Å². The Morgan fingerprint density at radius 2 is 2.13 bits per heavy atom. The Labute approximate surface area is 137 Å². The lowest BCUT2D eigenvalue weighted by atomic mass is 9.97. The Hall–Kier alpha value is -2.15. The highest BCUT2D eigenvalue weighted by Gasteiger charge is 2.21. The molecule has 0 spiro atoms. The van der Waals surface area contributed by atoms with Gasteiger partial charge in [0.05, 0.1) is 11.4 Å². The maximum atomic E-state index is 13.4. The number of imidazole rings is 1. The van der Waals surface area contributed by atoms with E-state index in [1.54, 1.807) is 18.5 Å². The molecule has 1 aromatic carbocycles. The monoisotopic (exact) mass is 332 g/mol. The largest absolute Gasteiger partial charge is 0.339 e. The number of nitrogens with zero attached hydrogens (tertiary/aromatic N) is 4. The summed E-state index contributed by atoms with van der Waals surface area (Å²) in [4.78, 5) is 8.71. The lowest BCUT2D eigenvalue weighted by Crippen LogP contribution is -2.11. The van der Waals surface area contributed by atoms with Gasteiger partial charge in [0.1, 0.15) is 5.82 Å². The Bertz CT molecular complexity index is 806. The molecule has 0 N–H and O–H groups in total. The van der Waals surface area contributed by atoms with Crippen molar-refractivity contribution < 1.29 is 8.91 Å². The summed E-state index contributed by atoms with van der Waals surface area (Å²) < 4.78 is 20.5. The molecule has 7 heteroatoms. The highest BCUT2D eigenvalue weighted by molar-refractivity contribution is 7.98. The molecule has 0 radical (unpaired) electrons. The molecule has 0 bridgehead atoms. The van der Waals surface area contributed by atoms with Gasteiger partial charge in [-0.05, 0) is 18.2 Å². The van der Waals surface area contributed by atoms with Crippen LogP contribution >= 0.6 is 11.8 Å². The fourth-order valence-corrected chi connectivity index (χ4v) is 2.78. The Morgan fingerprint density at radius 3 is 2.83 bits per heavy atom. The first-order chi connectivity index (χ1) is 10.9. The fourth-order valence-electron chi connectivity index (χ4n) is 1.97. The van der Waals surface area contributed by atoms with Gasteiger partial charge < -0.3 is 4.52 Å². The molecule has 0 saturated carbocycles. The van der Waals surface area contributed by atoms with Crippen molar-refractivity contribution in [2.24, 2.45) is 0 Å². The minimum atomic E-state index is -0.278. The summed E-state index contributed by atoms with van der Waals surface area (Å²) >= 11 is 1.48. The number of aromatic nitrogens is 4. The molecule has 0 atom stereocenters. The SMILES string of the molecule is CC(C)(C)c1nc(CSc2nccn2-c2cccc(F)c2)no1. The normalized spacial score (nSPS) is 11.8. The van der Waals surface area contributed by atoms with Crippen LogP contribution in [-0.4, -0.2) is 19.7 Å². The second kappa shape index (κ2) is 6.16. The smallest absolute Gasteiger partial charge is 0.232 e. The van der Waals surface area contributed by atoms with Crippen LogP contribution in [0.2, 0.25) is 0 Å². The topological polar surface area (TPSA) is 56.7 Å². The molecule has 0 aliphatic rings. The molecule has 3 rings (SSSR count). The first kappa shape index (κ1) is 15.7. The predicted molar refractivity (Wildman–Crippen MR) is 86.1 cm³/mol. The van der Waals surface area contributed by atoms with E-state index >= 15 is 0 Å². The van der Waals surface area contributed by atoms with Gasteiger partial charge in [-0.3, -0.25) is 4.57 Å². The number of halogens is 1. The minimum Gasteiger partial charge on any atom is -0.339 e. The van der Waals surface area contributed by atoms with Crippen molar-refractivity contribution in [3.8, 4) is 5.69 Å². The van der Waals surface area contributed by atoms with E-state index in [9.17, 15) is 4.39 Å². The van der Waals surface area contributed by atoms with E-state index in [1.807, 2.05) is 31.4 Å². The van der Waals surface area contributed by atoms with Crippen LogP contribution in [0.1, 0.15) is 32.5 Å². The first-order valence-corrected chi connectivity index (χ1v) is 8.17. The van der Waals surface area contributed by atoms with Crippen LogP contribution in [0.3, 0.4) is 0 Å².